The molecule has 1 fully saturated rings. The topological polar surface area (TPSA) is 71.3 Å². The van der Waals surface area contributed by atoms with Gasteiger partial charge < -0.3 is 10.6 Å². The second-order valence-corrected chi connectivity index (χ2v) is 4.71. The van der Waals surface area contributed by atoms with Crippen molar-refractivity contribution in [3.05, 3.63) is 23.4 Å². The number of hydrogen-bond donors (Lipinski definition) is 2. The fourth-order valence-corrected chi connectivity index (χ4v) is 2.11. The van der Waals surface area contributed by atoms with Crippen molar-refractivity contribution in [3.8, 4) is 0 Å². The zero-order valence-electron chi connectivity index (χ0n) is 9.56. The second-order valence-electron chi connectivity index (χ2n) is 4.27. The molecule has 2 aromatic rings. The first-order valence-electron chi connectivity index (χ1n) is 5.76. The van der Waals surface area contributed by atoms with Gasteiger partial charge >= 0.3 is 0 Å². The molecule has 6 nitrogen and oxygen atoms in total. The van der Waals surface area contributed by atoms with Crippen molar-refractivity contribution >= 4 is 29.1 Å². The van der Waals surface area contributed by atoms with Gasteiger partial charge in [-0.1, -0.05) is 11.6 Å². The molecule has 1 atom stereocenters. The van der Waals surface area contributed by atoms with E-state index < -0.39 is 0 Å². The van der Waals surface area contributed by atoms with Crippen molar-refractivity contribution in [1.29, 1.82) is 0 Å². The molecule has 3 heterocycles. The van der Waals surface area contributed by atoms with Gasteiger partial charge in [0.1, 0.15) is 0 Å². The average Bonchev–Trinajstić information content (AvgIpc) is 2.73. The van der Waals surface area contributed by atoms with E-state index >= 15 is 0 Å². The van der Waals surface area contributed by atoms with Crippen molar-refractivity contribution in [2.24, 2.45) is 0 Å². The zero-order chi connectivity index (χ0) is 12.5. The second kappa shape index (κ2) is 4.45. The molecule has 0 radical (unpaired) electrons. The van der Waals surface area contributed by atoms with Crippen molar-refractivity contribution in [1.82, 2.24) is 19.9 Å². The van der Waals surface area contributed by atoms with Crippen molar-refractivity contribution in [2.45, 2.75) is 18.9 Å². The first-order valence-corrected chi connectivity index (χ1v) is 6.14. The van der Waals surface area contributed by atoms with Crippen LogP contribution in [0.3, 0.4) is 0 Å². The van der Waals surface area contributed by atoms with Gasteiger partial charge in [0.15, 0.2) is 5.65 Å². The Balaban J connectivity index is 1.76. The Labute approximate surface area is 108 Å². The van der Waals surface area contributed by atoms with Gasteiger partial charge in [0.2, 0.25) is 11.9 Å². The summed E-state index contributed by atoms with van der Waals surface area (Å²) in [5.41, 5.74) is 0.738. The highest BCUT2D eigenvalue weighted by molar-refractivity contribution is 6.30. The van der Waals surface area contributed by atoms with E-state index in [9.17, 15) is 4.79 Å². The first-order chi connectivity index (χ1) is 8.70. The number of nitrogens with one attached hydrogen (secondary N) is 2. The number of amides is 1. The predicted molar refractivity (Wildman–Crippen MR) is 67.7 cm³/mol. The van der Waals surface area contributed by atoms with E-state index in [-0.39, 0.29) is 11.9 Å². The van der Waals surface area contributed by atoms with Gasteiger partial charge in [0, 0.05) is 25.2 Å². The maximum absolute atomic E-state index is 11.1. The third-order valence-electron chi connectivity index (χ3n) is 2.89. The molecule has 1 aliphatic heterocycles. The van der Waals surface area contributed by atoms with Crippen LogP contribution in [0.2, 0.25) is 5.02 Å². The number of piperidine rings is 1. The molecule has 1 amide bonds. The largest absolute Gasteiger partial charge is 0.354 e. The van der Waals surface area contributed by atoms with Crippen molar-refractivity contribution in [3.63, 3.8) is 0 Å². The number of fused-ring (bicyclic) bond motifs is 1. The van der Waals surface area contributed by atoms with E-state index in [0.717, 1.165) is 12.1 Å². The Morgan fingerprint density at radius 2 is 2.39 bits per heavy atom. The molecule has 1 aliphatic rings. The van der Waals surface area contributed by atoms with Gasteiger partial charge in [0.25, 0.3) is 0 Å². The highest BCUT2D eigenvalue weighted by atomic mass is 35.5. The summed E-state index contributed by atoms with van der Waals surface area (Å²) in [4.78, 5) is 15.4. The van der Waals surface area contributed by atoms with Crippen LogP contribution in [0.15, 0.2) is 18.3 Å². The quantitative estimate of drug-likeness (QED) is 0.852. The molecular weight excluding hydrogens is 254 g/mol. The molecule has 2 N–H and O–H groups in total. The Morgan fingerprint density at radius 1 is 1.50 bits per heavy atom. The molecule has 0 bridgehead atoms. The summed E-state index contributed by atoms with van der Waals surface area (Å²) in [7, 11) is 0. The minimum atomic E-state index is 0.0998. The fourth-order valence-electron chi connectivity index (χ4n) is 1.96. The molecule has 2 aromatic heterocycles. The summed E-state index contributed by atoms with van der Waals surface area (Å²) in [5.74, 6) is 0.654. The van der Waals surface area contributed by atoms with Crippen LogP contribution in [-0.2, 0) is 4.79 Å². The number of aromatic nitrogens is 3. The fraction of sp³-hybridized carbons (Fsp3) is 0.364. The molecule has 0 aromatic carbocycles. The molecular formula is C11H12ClN5O. The lowest BCUT2D eigenvalue weighted by Gasteiger charge is -2.22. The van der Waals surface area contributed by atoms with Crippen molar-refractivity contribution in [2.75, 3.05) is 11.9 Å². The van der Waals surface area contributed by atoms with Crippen LogP contribution in [-0.4, -0.2) is 33.1 Å². The number of hydrogen-bond acceptors (Lipinski definition) is 4. The lowest BCUT2D eigenvalue weighted by atomic mass is 10.1. The van der Waals surface area contributed by atoms with E-state index in [0.29, 0.717) is 23.9 Å². The molecule has 94 valence electrons. The predicted octanol–water partition coefficient (Wildman–Crippen LogP) is 1.07. The molecule has 3 rings (SSSR count). The van der Waals surface area contributed by atoms with Crippen LogP contribution in [0.5, 0.6) is 0 Å². The molecule has 0 saturated carbocycles. The van der Waals surface area contributed by atoms with Gasteiger partial charge in [0.05, 0.1) is 5.02 Å². The summed E-state index contributed by atoms with van der Waals surface area (Å²) in [5, 5.41) is 10.9. The summed E-state index contributed by atoms with van der Waals surface area (Å²) in [6, 6.07) is 3.76. The number of pyridine rings is 1. The number of nitrogens with zero attached hydrogens (tertiary/aromatic N) is 3. The zero-order valence-corrected chi connectivity index (χ0v) is 10.3. The van der Waals surface area contributed by atoms with E-state index in [1.165, 1.54) is 0 Å². The van der Waals surface area contributed by atoms with Gasteiger partial charge in [-0.15, -0.1) is 5.10 Å². The maximum Gasteiger partial charge on any atom is 0.243 e. The van der Waals surface area contributed by atoms with Crippen LogP contribution in [0.4, 0.5) is 5.95 Å². The Kier molecular flexibility index (Phi) is 2.79. The third-order valence-corrected chi connectivity index (χ3v) is 3.12. The normalized spacial score (nSPS) is 19.8. The number of rotatable bonds is 2. The molecule has 1 unspecified atom stereocenters. The minimum Gasteiger partial charge on any atom is -0.354 e. The van der Waals surface area contributed by atoms with Gasteiger partial charge in [-0.2, -0.15) is 4.98 Å². The van der Waals surface area contributed by atoms with Crippen LogP contribution >= 0.6 is 11.6 Å². The Hall–Kier alpha value is -1.82. The number of carbonyl (C=O) groups excluding carboxylic acids is 1. The average molecular weight is 266 g/mol. The summed E-state index contributed by atoms with van der Waals surface area (Å²) in [6.45, 7) is 0.606. The molecule has 0 spiro atoms. The molecule has 0 aliphatic carbocycles. The Bertz CT molecular complexity index is 586. The molecule has 7 heteroatoms. The van der Waals surface area contributed by atoms with Gasteiger partial charge in [-0.05, 0) is 18.6 Å². The van der Waals surface area contributed by atoms with Crippen LogP contribution < -0.4 is 10.6 Å². The first kappa shape index (κ1) is 11.3. The van der Waals surface area contributed by atoms with E-state index in [4.69, 9.17) is 11.6 Å². The lowest BCUT2D eigenvalue weighted by molar-refractivity contribution is -0.122. The highest BCUT2D eigenvalue weighted by Crippen LogP contribution is 2.13. The third kappa shape index (κ3) is 2.24. The SMILES string of the molecule is O=C1CCC(Nc2nc3ccc(Cl)cn3n2)CN1. The monoisotopic (exact) mass is 265 g/mol. The van der Waals surface area contributed by atoms with Crippen LogP contribution in [0, 0.1) is 0 Å². The summed E-state index contributed by atoms with van der Waals surface area (Å²) in [6.07, 6.45) is 3.04. The van der Waals surface area contributed by atoms with Crippen LogP contribution in [0.1, 0.15) is 12.8 Å². The smallest absolute Gasteiger partial charge is 0.243 e. The van der Waals surface area contributed by atoms with E-state index in [1.54, 1.807) is 16.8 Å². The van der Waals surface area contributed by atoms with E-state index in [2.05, 4.69) is 20.7 Å². The minimum absolute atomic E-state index is 0.0998. The van der Waals surface area contributed by atoms with Crippen LogP contribution in [0.25, 0.3) is 5.65 Å². The Morgan fingerprint density at radius 3 is 3.17 bits per heavy atom. The number of carbonyl (C=O) groups is 1. The van der Waals surface area contributed by atoms with Gasteiger partial charge in [-0.25, -0.2) is 4.52 Å². The van der Waals surface area contributed by atoms with Crippen molar-refractivity contribution < 1.29 is 4.79 Å². The molecule has 1 saturated heterocycles. The summed E-state index contributed by atoms with van der Waals surface area (Å²) >= 11 is 5.88. The van der Waals surface area contributed by atoms with E-state index in [1.807, 2.05) is 6.07 Å². The molecule has 18 heavy (non-hydrogen) atoms. The number of anilines is 1. The lowest BCUT2D eigenvalue weighted by Crippen LogP contribution is -2.42. The maximum atomic E-state index is 11.1. The highest BCUT2D eigenvalue weighted by Gasteiger charge is 2.18. The standard InChI is InChI=1S/C11H12ClN5O/c12-7-1-3-9-15-11(16-17(9)6-7)14-8-2-4-10(18)13-5-8/h1,3,6,8H,2,4-5H2,(H,13,18)(H,14,16). The number of halogens is 1. The summed E-state index contributed by atoms with van der Waals surface area (Å²) < 4.78 is 1.63. The van der Waals surface area contributed by atoms with Gasteiger partial charge in [-0.3, -0.25) is 4.79 Å².